The van der Waals surface area contributed by atoms with Crippen molar-refractivity contribution in [3.8, 4) is 0 Å². The van der Waals surface area contributed by atoms with Gasteiger partial charge in [0.1, 0.15) is 0 Å². The molecule has 0 unspecified atom stereocenters. The first-order chi connectivity index (χ1) is 4.54. The third-order valence-corrected chi connectivity index (χ3v) is 1.48. The molecule has 0 radical (unpaired) electrons. The Morgan fingerprint density at radius 3 is 2.50 bits per heavy atom. The molecule has 3 nitrogen and oxygen atoms in total. The number of carbonyl (C=O) groups is 1. The van der Waals surface area contributed by atoms with Crippen molar-refractivity contribution in [2.24, 2.45) is 0 Å². The van der Waals surface area contributed by atoms with Gasteiger partial charge in [0.2, 0.25) is 0 Å². The summed E-state index contributed by atoms with van der Waals surface area (Å²) in [6.45, 7) is 0.0734. The van der Waals surface area contributed by atoms with Crippen LogP contribution in [0, 0.1) is 0 Å². The monoisotopic (exact) mass is 151 g/mol. The molecule has 5 heteroatoms. The van der Waals surface area contributed by atoms with Crippen LogP contribution in [0.1, 0.15) is 6.42 Å². The molecule has 1 fully saturated rings. The zero-order valence-electron chi connectivity index (χ0n) is 5.10. The molecule has 1 aliphatic heterocycles. The van der Waals surface area contributed by atoms with Crippen LogP contribution < -0.4 is 5.32 Å². The van der Waals surface area contributed by atoms with E-state index >= 15 is 0 Å². The largest absolute Gasteiger partial charge is 0.480 e. The molecule has 1 rings (SSSR count). The van der Waals surface area contributed by atoms with Crippen molar-refractivity contribution < 1.29 is 18.7 Å². The molecule has 0 aliphatic carbocycles. The smallest absolute Gasteiger partial charge is 0.326 e. The van der Waals surface area contributed by atoms with Gasteiger partial charge >= 0.3 is 5.97 Å². The first kappa shape index (κ1) is 7.40. The minimum absolute atomic E-state index is 0.0734. The molecule has 0 aromatic heterocycles. The number of rotatable bonds is 1. The molecule has 1 heterocycles. The Morgan fingerprint density at radius 1 is 1.70 bits per heavy atom. The van der Waals surface area contributed by atoms with Gasteiger partial charge in [0.25, 0.3) is 5.92 Å². The summed E-state index contributed by atoms with van der Waals surface area (Å²) in [7, 11) is 0. The number of carboxylic acids is 1. The van der Waals surface area contributed by atoms with Gasteiger partial charge in [-0.1, -0.05) is 0 Å². The fourth-order valence-electron chi connectivity index (χ4n) is 0.945. The van der Waals surface area contributed by atoms with Gasteiger partial charge in [-0.25, -0.2) is 8.78 Å². The third-order valence-electron chi connectivity index (χ3n) is 1.48. The molecule has 0 bridgehead atoms. The highest BCUT2D eigenvalue weighted by Gasteiger charge is 2.48. The van der Waals surface area contributed by atoms with E-state index < -0.39 is 17.9 Å². The summed E-state index contributed by atoms with van der Waals surface area (Å²) in [5.41, 5.74) is 0. The molecule has 2 N–H and O–H groups in total. The number of hydrogen-bond acceptors (Lipinski definition) is 2. The van der Waals surface area contributed by atoms with E-state index in [1.807, 2.05) is 0 Å². The lowest BCUT2D eigenvalue weighted by molar-refractivity contribution is -0.147. The molecule has 0 saturated carbocycles. The number of carboxylic acid groups (broad SMARTS) is 1. The van der Waals surface area contributed by atoms with Crippen LogP contribution in [0.4, 0.5) is 8.78 Å². The van der Waals surface area contributed by atoms with Crippen molar-refractivity contribution in [3.05, 3.63) is 0 Å². The maximum atomic E-state index is 12.4. The minimum Gasteiger partial charge on any atom is -0.480 e. The second kappa shape index (κ2) is 2.16. The topological polar surface area (TPSA) is 49.3 Å². The van der Waals surface area contributed by atoms with E-state index in [1.54, 1.807) is 0 Å². The quantitative estimate of drug-likeness (QED) is 0.557. The number of aliphatic carboxylic acids is 1. The Labute approximate surface area is 56.0 Å². The first-order valence-electron chi connectivity index (χ1n) is 2.88. The summed E-state index contributed by atoms with van der Waals surface area (Å²) in [6.07, 6.45) is -0.385. The number of halogens is 2. The normalized spacial score (nSPS) is 30.4. The van der Waals surface area contributed by atoms with Crippen LogP contribution in [-0.2, 0) is 4.79 Å². The number of nitrogens with one attached hydrogen (secondary N) is 1. The minimum atomic E-state index is -3.08. The van der Waals surface area contributed by atoms with E-state index in [0.717, 1.165) is 0 Å². The summed E-state index contributed by atoms with van der Waals surface area (Å²) >= 11 is 0. The lowest BCUT2D eigenvalue weighted by Crippen LogP contribution is -2.42. The predicted molar refractivity (Wildman–Crippen MR) is 29.0 cm³/mol. The van der Waals surface area contributed by atoms with Gasteiger partial charge in [0.15, 0.2) is 6.04 Å². The zero-order chi connectivity index (χ0) is 7.78. The summed E-state index contributed by atoms with van der Waals surface area (Å²) in [4.78, 5) is 10.1. The highest BCUT2D eigenvalue weighted by atomic mass is 19.3. The number of hydrogen-bond donors (Lipinski definition) is 2. The van der Waals surface area contributed by atoms with Crippen molar-refractivity contribution in [1.82, 2.24) is 5.32 Å². The van der Waals surface area contributed by atoms with Crippen LogP contribution >= 0.6 is 0 Å². The van der Waals surface area contributed by atoms with Crippen molar-refractivity contribution in [3.63, 3.8) is 0 Å². The van der Waals surface area contributed by atoms with Crippen LogP contribution in [-0.4, -0.2) is 29.6 Å². The van der Waals surface area contributed by atoms with Gasteiger partial charge in [-0.2, -0.15) is 0 Å². The second-order valence-electron chi connectivity index (χ2n) is 2.24. The van der Waals surface area contributed by atoms with E-state index in [2.05, 4.69) is 5.32 Å². The maximum absolute atomic E-state index is 12.4. The molecule has 10 heavy (non-hydrogen) atoms. The van der Waals surface area contributed by atoms with E-state index in [9.17, 15) is 13.6 Å². The van der Waals surface area contributed by atoms with Crippen molar-refractivity contribution in [1.29, 1.82) is 0 Å². The van der Waals surface area contributed by atoms with Gasteiger partial charge in [-0.05, 0) is 0 Å². The molecule has 1 atom stereocenters. The van der Waals surface area contributed by atoms with Gasteiger partial charge in [0, 0.05) is 13.0 Å². The standard InChI is InChI=1S/C5H7F2NO2/c6-5(7)1-2-8-3(5)4(9)10/h3,8H,1-2H2,(H,9,10)/t3-/m1/s1. The average Bonchev–Trinajstić information content (AvgIpc) is 2.08. The van der Waals surface area contributed by atoms with E-state index in [1.165, 1.54) is 0 Å². The summed E-state index contributed by atoms with van der Waals surface area (Å²) in [5.74, 6) is -4.56. The maximum Gasteiger partial charge on any atom is 0.326 e. The zero-order valence-corrected chi connectivity index (χ0v) is 5.10. The molecule has 58 valence electrons. The Balaban J connectivity index is 2.68. The van der Waals surface area contributed by atoms with Gasteiger partial charge in [0.05, 0.1) is 0 Å². The van der Waals surface area contributed by atoms with Crippen molar-refractivity contribution in [2.45, 2.75) is 18.4 Å². The summed E-state index contributed by atoms with van der Waals surface area (Å²) in [5, 5.41) is 10.4. The average molecular weight is 151 g/mol. The molecule has 0 aromatic carbocycles. The summed E-state index contributed by atoms with van der Waals surface area (Å²) < 4.78 is 24.8. The van der Waals surface area contributed by atoms with Crippen molar-refractivity contribution >= 4 is 5.97 Å². The highest BCUT2D eigenvalue weighted by molar-refractivity contribution is 5.75. The molecular formula is C5H7F2NO2. The third kappa shape index (κ3) is 1.09. The van der Waals surface area contributed by atoms with Crippen LogP contribution in [0.25, 0.3) is 0 Å². The van der Waals surface area contributed by atoms with Gasteiger partial charge < -0.3 is 5.11 Å². The SMILES string of the molecule is O=C(O)[C@H]1NCCC1(F)F. The molecule has 0 amide bonds. The fourth-order valence-corrected chi connectivity index (χ4v) is 0.945. The lowest BCUT2D eigenvalue weighted by Gasteiger charge is -2.13. The Bertz CT molecular complexity index is 160. The molecule has 1 aliphatic rings. The molecule has 1 saturated heterocycles. The molecular weight excluding hydrogens is 144 g/mol. The molecule has 0 aromatic rings. The van der Waals surface area contributed by atoms with E-state index in [4.69, 9.17) is 5.11 Å². The van der Waals surface area contributed by atoms with Crippen LogP contribution in [0.5, 0.6) is 0 Å². The summed E-state index contributed by atoms with van der Waals surface area (Å²) in [6, 6.07) is -1.69. The van der Waals surface area contributed by atoms with Gasteiger partial charge in [-0.15, -0.1) is 0 Å². The predicted octanol–water partition coefficient (Wildman–Crippen LogP) is 0.0682. The Kier molecular flexibility index (Phi) is 1.60. The Hall–Kier alpha value is -0.710. The second-order valence-corrected chi connectivity index (χ2v) is 2.24. The van der Waals surface area contributed by atoms with Crippen LogP contribution in [0.3, 0.4) is 0 Å². The fraction of sp³-hybridized carbons (Fsp3) is 0.800. The molecule has 0 spiro atoms. The van der Waals surface area contributed by atoms with Crippen molar-refractivity contribution in [2.75, 3.05) is 6.54 Å². The first-order valence-corrected chi connectivity index (χ1v) is 2.88. The lowest BCUT2D eigenvalue weighted by atomic mass is 10.2. The van der Waals surface area contributed by atoms with Crippen LogP contribution in [0.15, 0.2) is 0 Å². The Morgan fingerprint density at radius 2 is 2.30 bits per heavy atom. The van der Waals surface area contributed by atoms with Crippen LogP contribution in [0.2, 0.25) is 0 Å². The van der Waals surface area contributed by atoms with E-state index in [-0.39, 0.29) is 13.0 Å². The highest BCUT2D eigenvalue weighted by Crippen LogP contribution is 2.27. The van der Waals surface area contributed by atoms with Gasteiger partial charge in [-0.3, -0.25) is 10.1 Å². The number of alkyl halides is 2. The van der Waals surface area contributed by atoms with E-state index in [0.29, 0.717) is 0 Å².